The Hall–Kier alpha value is -1.46. The summed E-state index contributed by atoms with van der Waals surface area (Å²) in [6.45, 7) is 5.96. The molecular formula is C18H22ClN3OS. The molecular weight excluding hydrogens is 342 g/mol. The number of imidazole rings is 1. The highest BCUT2D eigenvalue weighted by Gasteiger charge is 2.26. The van der Waals surface area contributed by atoms with Crippen LogP contribution in [0.15, 0.2) is 41.8 Å². The van der Waals surface area contributed by atoms with Crippen LogP contribution in [-0.2, 0) is 4.79 Å². The van der Waals surface area contributed by atoms with Crippen LogP contribution in [0.3, 0.4) is 0 Å². The molecule has 3 rings (SSSR count). The van der Waals surface area contributed by atoms with Crippen molar-refractivity contribution in [2.75, 3.05) is 13.1 Å². The van der Waals surface area contributed by atoms with Gasteiger partial charge in [-0.1, -0.05) is 30.3 Å². The predicted octanol–water partition coefficient (Wildman–Crippen LogP) is 4.26. The van der Waals surface area contributed by atoms with E-state index in [1.54, 1.807) is 6.20 Å². The van der Waals surface area contributed by atoms with Gasteiger partial charge in [0.1, 0.15) is 0 Å². The fourth-order valence-electron chi connectivity index (χ4n) is 2.87. The molecule has 1 aliphatic heterocycles. The van der Waals surface area contributed by atoms with Crippen LogP contribution >= 0.6 is 23.4 Å². The Balaban J connectivity index is 1.69. The lowest BCUT2D eigenvalue weighted by atomic mass is 9.99. The summed E-state index contributed by atoms with van der Waals surface area (Å²) in [7, 11) is 0. The summed E-state index contributed by atoms with van der Waals surface area (Å²) < 4.78 is 1.99. The van der Waals surface area contributed by atoms with E-state index in [2.05, 4.69) is 11.9 Å². The summed E-state index contributed by atoms with van der Waals surface area (Å²) in [6, 6.07) is 7.61. The highest BCUT2D eigenvalue weighted by atomic mass is 35.5. The number of hydrogen-bond donors (Lipinski definition) is 0. The maximum absolute atomic E-state index is 12.7. The topological polar surface area (TPSA) is 38.1 Å². The molecule has 0 bridgehead atoms. The number of rotatable bonds is 4. The number of carbonyl (C=O) groups excluding carboxylic acids is 1. The summed E-state index contributed by atoms with van der Waals surface area (Å²) in [6.07, 6.45) is 5.87. The fourth-order valence-corrected chi connectivity index (χ4v) is 3.96. The van der Waals surface area contributed by atoms with E-state index in [1.807, 2.05) is 46.9 Å². The lowest BCUT2D eigenvalue weighted by Gasteiger charge is -2.32. The quantitative estimate of drug-likeness (QED) is 0.761. The van der Waals surface area contributed by atoms with E-state index in [0.29, 0.717) is 5.02 Å². The van der Waals surface area contributed by atoms with Gasteiger partial charge in [-0.15, -0.1) is 0 Å². The van der Waals surface area contributed by atoms with Gasteiger partial charge in [0.25, 0.3) is 0 Å². The third-order valence-electron chi connectivity index (χ3n) is 4.44. The minimum atomic E-state index is -0.146. The molecule has 1 saturated heterocycles. The second-order valence-corrected chi connectivity index (χ2v) is 8.07. The monoisotopic (exact) mass is 363 g/mol. The zero-order chi connectivity index (χ0) is 17.1. The number of carbonyl (C=O) groups is 1. The van der Waals surface area contributed by atoms with Gasteiger partial charge in [0.15, 0.2) is 5.16 Å². The molecule has 24 heavy (non-hydrogen) atoms. The van der Waals surface area contributed by atoms with Crippen molar-refractivity contribution in [2.24, 2.45) is 5.92 Å². The number of aromatic nitrogens is 2. The number of hydrogen-bond acceptors (Lipinski definition) is 3. The number of amides is 1. The molecule has 2 heterocycles. The first-order chi connectivity index (χ1) is 11.5. The largest absolute Gasteiger partial charge is 0.342 e. The molecule has 1 atom stereocenters. The van der Waals surface area contributed by atoms with Crippen LogP contribution in [-0.4, -0.2) is 38.7 Å². The summed E-state index contributed by atoms with van der Waals surface area (Å²) in [5, 5.41) is 1.38. The van der Waals surface area contributed by atoms with Gasteiger partial charge in [-0.05, 0) is 49.9 Å². The highest BCUT2D eigenvalue weighted by molar-refractivity contribution is 8.00. The second-order valence-electron chi connectivity index (χ2n) is 6.32. The van der Waals surface area contributed by atoms with Gasteiger partial charge >= 0.3 is 0 Å². The zero-order valence-electron chi connectivity index (χ0n) is 14.0. The summed E-state index contributed by atoms with van der Waals surface area (Å²) >= 11 is 7.46. The molecule has 0 radical (unpaired) electrons. The van der Waals surface area contributed by atoms with Crippen LogP contribution in [0.25, 0.3) is 5.69 Å². The molecule has 1 aromatic heterocycles. The maximum atomic E-state index is 12.7. The van der Waals surface area contributed by atoms with E-state index in [9.17, 15) is 4.79 Å². The molecule has 0 spiro atoms. The van der Waals surface area contributed by atoms with E-state index in [1.165, 1.54) is 11.8 Å². The molecule has 1 aliphatic rings. The van der Waals surface area contributed by atoms with Gasteiger partial charge in [0.05, 0.1) is 5.25 Å². The SMILES string of the molecule is CC1CCN(C(=O)[C@@H](C)Sc2nccn2-c2ccc(Cl)cc2)CC1. The van der Waals surface area contributed by atoms with Gasteiger partial charge in [-0.2, -0.15) is 0 Å². The Labute approximate surface area is 152 Å². The molecule has 4 nitrogen and oxygen atoms in total. The molecule has 128 valence electrons. The first-order valence-corrected chi connectivity index (χ1v) is 9.55. The van der Waals surface area contributed by atoms with E-state index >= 15 is 0 Å². The second kappa shape index (κ2) is 7.62. The van der Waals surface area contributed by atoms with Crippen molar-refractivity contribution in [3.05, 3.63) is 41.7 Å². The average molecular weight is 364 g/mol. The minimum absolute atomic E-state index is 0.146. The molecule has 1 amide bonds. The van der Waals surface area contributed by atoms with E-state index < -0.39 is 0 Å². The van der Waals surface area contributed by atoms with Crippen LogP contribution in [0.4, 0.5) is 0 Å². The summed E-state index contributed by atoms with van der Waals surface area (Å²) in [4.78, 5) is 19.1. The predicted molar refractivity (Wildman–Crippen MR) is 98.9 cm³/mol. The van der Waals surface area contributed by atoms with E-state index in [0.717, 1.165) is 42.7 Å². The Morgan fingerprint density at radius 2 is 1.96 bits per heavy atom. The third-order valence-corrected chi connectivity index (χ3v) is 5.76. The zero-order valence-corrected chi connectivity index (χ0v) is 15.6. The average Bonchev–Trinajstić information content (AvgIpc) is 3.03. The molecule has 0 unspecified atom stereocenters. The van der Waals surface area contributed by atoms with Crippen LogP contribution in [0, 0.1) is 5.92 Å². The molecule has 1 aromatic carbocycles. The first-order valence-electron chi connectivity index (χ1n) is 8.29. The number of piperidine rings is 1. The van der Waals surface area contributed by atoms with Gasteiger partial charge in [-0.25, -0.2) is 4.98 Å². The Kier molecular flexibility index (Phi) is 5.51. The van der Waals surface area contributed by atoms with Crippen LogP contribution < -0.4 is 0 Å². The molecule has 0 saturated carbocycles. The third kappa shape index (κ3) is 3.95. The first kappa shape index (κ1) is 17.4. The van der Waals surface area contributed by atoms with Gasteiger partial charge in [-0.3, -0.25) is 9.36 Å². The summed E-state index contributed by atoms with van der Waals surface area (Å²) in [5.41, 5.74) is 0.992. The van der Waals surface area contributed by atoms with Crippen LogP contribution in [0.2, 0.25) is 5.02 Å². The number of thioether (sulfide) groups is 1. The molecule has 0 N–H and O–H groups in total. The van der Waals surface area contributed by atoms with Gasteiger partial charge in [0, 0.05) is 36.2 Å². The van der Waals surface area contributed by atoms with Crippen molar-refractivity contribution in [3.8, 4) is 5.69 Å². The van der Waals surface area contributed by atoms with Gasteiger partial charge in [0.2, 0.25) is 5.91 Å². The summed E-state index contributed by atoms with van der Waals surface area (Å²) in [5.74, 6) is 0.929. The number of halogens is 1. The van der Waals surface area contributed by atoms with Crippen molar-refractivity contribution in [2.45, 2.75) is 37.1 Å². The standard InChI is InChI=1S/C18H22ClN3OS/c1-13-7-10-21(11-8-13)17(23)14(2)24-18-20-9-12-22(18)16-5-3-15(19)4-6-16/h3-6,9,12-14H,7-8,10-11H2,1-2H3/t14-/m1/s1. The number of likely N-dealkylation sites (tertiary alicyclic amines) is 1. The molecule has 2 aromatic rings. The highest BCUT2D eigenvalue weighted by Crippen LogP contribution is 2.27. The van der Waals surface area contributed by atoms with Crippen molar-refractivity contribution in [1.82, 2.24) is 14.5 Å². The Morgan fingerprint density at radius 3 is 2.62 bits per heavy atom. The number of nitrogens with zero attached hydrogens (tertiary/aromatic N) is 3. The van der Waals surface area contributed by atoms with Crippen molar-refractivity contribution in [3.63, 3.8) is 0 Å². The maximum Gasteiger partial charge on any atom is 0.235 e. The fraction of sp³-hybridized carbons (Fsp3) is 0.444. The molecule has 1 fully saturated rings. The Morgan fingerprint density at radius 1 is 1.29 bits per heavy atom. The van der Waals surface area contributed by atoms with E-state index in [4.69, 9.17) is 11.6 Å². The van der Waals surface area contributed by atoms with Gasteiger partial charge < -0.3 is 4.90 Å². The van der Waals surface area contributed by atoms with Crippen molar-refractivity contribution in [1.29, 1.82) is 0 Å². The van der Waals surface area contributed by atoms with Crippen molar-refractivity contribution < 1.29 is 4.79 Å². The normalized spacial score (nSPS) is 17.0. The number of benzene rings is 1. The minimum Gasteiger partial charge on any atom is -0.342 e. The van der Waals surface area contributed by atoms with E-state index in [-0.39, 0.29) is 11.2 Å². The lowest BCUT2D eigenvalue weighted by molar-refractivity contribution is -0.131. The van der Waals surface area contributed by atoms with Crippen molar-refractivity contribution >= 4 is 29.3 Å². The lowest BCUT2D eigenvalue weighted by Crippen LogP contribution is -2.41. The Bertz CT molecular complexity index is 693. The van der Waals surface area contributed by atoms with Crippen LogP contribution in [0.5, 0.6) is 0 Å². The molecule has 6 heteroatoms. The van der Waals surface area contributed by atoms with Crippen LogP contribution in [0.1, 0.15) is 26.7 Å². The smallest absolute Gasteiger partial charge is 0.235 e. The molecule has 0 aliphatic carbocycles.